The zero-order valence-electron chi connectivity index (χ0n) is 20.7. The lowest BCUT2D eigenvalue weighted by atomic mass is 9.97. The van der Waals surface area contributed by atoms with Gasteiger partial charge in [-0.1, -0.05) is 44.7 Å². The van der Waals surface area contributed by atoms with E-state index in [9.17, 15) is 4.79 Å². The summed E-state index contributed by atoms with van der Waals surface area (Å²) in [6.45, 7) is 10.9. The van der Waals surface area contributed by atoms with Crippen LogP contribution in [0.3, 0.4) is 0 Å². The molecule has 2 aliphatic heterocycles. The molecule has 35 heavy (non-hydrogen) atoms. The highest BCUT2D eigenvalue weighted by molar-refractivity contribution is 8.03. The van der Waals surface area contributed by atoms with E-state index in [1.807, 2.05) is 30.3 Å². The maximum Gasteiger partial charge on any atom is 0.265 e. The Morgan fingerprint density at radius 1 is 1.14 bits per heavy atom. The number of amides is 1. The molecule has 3 heterocycles. The van der Waals surface area contributed by atoms with Crippen molar-refractivity contribution in [3.05, 3.63) is 58.9 Å². The Hall–Kier alpha value is -2.97. The van der Waals surface area contributed by atoms with Crippen LogP contribution in [0.5, 0.6) is 0 Å². The molecule has 1 atom stereocenters. The minimum Gasteiger partial charge on any atom is -0.304 e. The quantitative estimate of drug-likeness (QED) is 0.590. The molecule has 1 amide bonds. The van der Waals surface area contributed by atoms with Crippen LogP contribution in [0.15, 0.2) is 42.1 Å². The molecule has 0 radical (unpaired) electrons. The molecule has 1 saturated heterocycles. The molecule has 1 unspecified atom stereocenters. The predicted octanol–water partition coefficient (Wildman–Crippen LogP) is 2.71. The van der Waals surface area contributed by atoms with E-state index in [2.05, 4.69) is 68.7 Å². The first-order valence-corrected chi connectivity index (χ1v) is 12.6. The van der Waals surface area contributed by atoms with Gasteiger partial charge in [0.05, 0.1) is 18.1 Å². The Morgan fingerprint density at radius 3 is 2.46 bits per heavy atom. The number of aromatic nitrogens is 2. The number of nitrogens with zero attached hydrogens (tertiary/aromatic N) is 6. The van der Waals surface area contributed by atoms with Gasteiger partial charge in [0.25, 0.3) is 5.91 Å². The van der Waals surface area contributed by atoms with Gasteiger partial charge in [-0.05, 0) is 35.6 Å². The molecule has 0 saturated carbocycles. The van der Waals surface area contributed by atoms with E-state index in [1.54, 1.807) is 18.0 Å². The molecule has 2 N–H and O–H groups in total. The van der Waals surface area contributed by atoms with Crippen LogP contribution in [-0.4, -0.2) is 70.9 Å². The van der Waals surface area contributed by atoms with Crippen LogP contribution < -0.4 is 15.8 Å². The molecule has 9 nitrogen and oxygen atoms in total. The summed E-state index contributed by atoms with van der Waals surface area (Å²) in [5, 5.41) is 11.3. The average molecular weight is 493 g/mol. The van der Waals surface area contributed by atoms with Gasteiger partial charge in [-0.25, -0.2) is 15.4 Å². The summed E-state index contributed by atoms with van der Waals surface area (Å²) in [6, 6.07) is 9.62. The maximum absolute atomic E-state index is 12.5. The van der Waals surface area contributed by atoms with Crippen LogP contribution in [0.4, 0.5) is 5.82 Å². The van der Waals surface area contributed by atoms with E-state index in [0.717, 1.165) is 37.4 Å². The normalized spacial score (nSPS) is 19.3. The van der Waals surface area contributed by atoms with Crippen LogP contribution in [-0.2, 0) is 0 Å². The second kappa shape index (κ2) is 10.7. The Kier molecular flexibility index (Phi) is 7.72. The number of piperazine rings is 1. The maximum atomic E-state index is 12.5. The van der Waals surface area contributed by atoms with Crippen LogP contribution in [0.2, 0.25) is 0 Å². The highest BCUT2D eigenvalue weighted by atomic mass is 32.2. The largest absolute Gasteiger partial charge is 0.304 e. The van der Waals surface area contributed by atoms with E-state index < -0.39 is 0 Å². The molecule has 0 bridgehead atoms. The smallest absolute Gasteiger partial charge is 0.265 e. The first-order chi connectivity index (χ1) is 16.7. The third kappa shape index (κ3) is 6.18. The van der Waals surface area contributed by atoms with Crippen molar-refractivity contribution >= 4 is 29.2 Å². The standard InChI is InChI=1S/C25H32N8OS/c1-25(2,3)17-29-30-23(34)19-7-5-18(6-8-19)21-16-35-24(32-11-9-31(4)10-12-32)33(21)22-15-27-20(13-26)14-28-22/h5-8,14-16,24,29H,9-12,17H2,1-4H3,(H,30,34). The topological polar surface area (TPSA) is 100 Å². The van der Waals surface area contributed by atoms with Crippen molar-refractivity contribution in [3.63, 3.8) is 0 Å². The van der Waals surface area contributed by atoms with Gasteiger partial charge in [-0.15, -0.1) is 0 Å². The lowest BCUT2D eigenvalue weighted by Crippen LogP contribution is -2.52. The van der Waals surface area contributed by atoms with Gasteiger partial charge in [-0.3, -0.25) is 20.0 Å². The van der Waals surface area contributed by atoms with Gasteiger partial charge < -0.3 is 4.90 Å². The van der Waals surface area contributed by atoms with Gasteiger partial charge in [-0.2, -0.15) is 5.26 Å². The number of nitrogens with one attached hydrogen (secondary N) is 2. The summed E-state index contributed by atoms with van der Waals surface area (Å²) < 4.78 is 0. The Balaban J connectivity index is 1.54. The predicted molar refractivity (Wildman–Crippen MR) is 139 cm³/mol. The molecule has 0 spiro atoms. The number of carbonyl (C=O) groups is 1. The monoisotopic (exact) mass is 492 g/mol. The average Bonchev–Trinajstić information content (AvgIpc) is 3.29. The number of hydrogen-bond acceptors (Lipinski definition) is 9. The Bertz CT molecular complexity index is 1100. The van der Waals surface area contributed by atoms with E-state index in [4.69, 9.17) is 5.26 Å². The fourth-order valence-corrected chi connectivity index (χ4v) is 5.08. The number of nitriles is 1. The van der Waals surface area contributed by atoms with E-state index in [-0.39, 0.29) is 22.5 Å². The minimum absolute atomic E-state index is 0.0468. The molecule has 4 rings (SSSR count). The molecule has 0 aliphatic carbocycles. The first-order valence-electron chi connectivity index (χ1n) is 11.7. The summed E-state index contributed by atoms with van der Waals surface area (Å²) >= 11 is 1.74. The molecule has 184 valence electrons. The van der Waals surface area contributed by atoms with Crippen LogP contribution in [0, 0.1) is 16.7 Å². The number of rotatable bonds is 6. The fraction of sp³-hybridized carbons (Fsp3) is 0.440. The van der Waals surface area contributed by atoms with Gasteiger partial charge in [0, 0.05) is 38.3 Å². The lowest BCUT2D eigenvalue weighted by molar-refractivity contribution is 0.0927. The molecular formula is C25H32N8OS. The van der Waals surface area contributed by atoms with Crippen LogP contribution in [0.25, 0.3) is 5.70 Å². The lowest BCUT2D eigenvalue weighted by Gasteiger charge is -2.40. The molecule has 10 heteroatoms. The van der Waals surface area contributed by atoms with Gasteiger partial charge >= 0.3 is 0 Å². The van der Waals surface area contributed by atoms with Gasteiger partial charge in [0.2, 0.25) is 0 Å². The molecule has 2 aliphatic rings. The third-order valence-electron chi connectivity index (χ3n) is 5.90. The zero-order chi connectivity index (χ0) is 25.0. The van der Waals surface area contributed by atoms with Crippen molar-refractivity contribution in [2.45, 2.75) is 26.3 Å². The summed E-state index contributed by atoms with van der Waals surface area (Å²) in [5.41, 5.74) is 8.75. The molecular weight excluding hydrogens is 460 g/mol. The highest BCUT2D eigenvalue weighted by Crippen LogP contribution is 2.41. The first kappa shape index (κ1) is 25.1. The number of benzene rings is 1. The minimum atomic E-state index is -0.166. The number of carbonyl (C=O) groups excluding carboxylic acids is 1. The summed E-state index contributed by atoms with van der Waals surface area (Å²) in [7, 11) is 2.14. The van der Waals surface area contributed by atoms with Gasteiger partial charge in [0.15, 0.2) is 11.5 Å². The van der Waals surface area contributed by atoms with Crippen molar-refractivity contribution in [2.75, 3.05) is 44.7 Å². The van der Waals surface area contributed by atoms with Crippen molar-refractivity contribution in [1.82, 2.24) is 30.6 Å². The molecule has 1 aromatic heterocycles. The second-order valence-corrected chi connectivity index (χ2v) is 10.9. The van der Waals surface area contributed by atoms with Crippen LogP contribution in [0.1, 0.15) is 42.4 Å². The zero-order valence-corrected chi connectivity index (χ0v) is 21.5. The Labute approximate surface area is 211 Å². The molecule has 1 aromatic carbocycles. The number of hydrogen-bond donors (Lipinski definition) is 2. The third-order valence-corrected chi connectivity index (χ3v) is 7.01. The SMILES string of the molecule is CN1CCN(C2SC=C(c3ccc(C(=O)NNCC(C)(C)C)cc3)N2c2cnc(C#N)cn2)CC1. The number of hydrazine groups is 1. The summed E-state index contributed by atoms with van der Waals surface area (Å²) in [4.78, 5) is 28.3. The molecule has 2 aromatic rings. The summed E-state index contributed by atoms with van der Waals surface area (Å²) in [6.07, 6.45) is 3.17. The number of anilines is 1. The summed E-state index contributed by atoms with van der Waals surface area (Å²) in [5.74, 6) is 0.526. The number of thioether (sulfide) groups is 1. The van der Waals surface area contributed by atoms with E-state index in [0.29, 0.717) is 17.9 Å². The van der Waals surface area contributed by atoms with Crippen LogP contribution >= 0.6 is 11.8 Å². The van der Waals surface area contributed by atoms with Crippen molar-refractivity contribution < 1.29 is 4.79 Å². The highest BCUT2D eigenvalue weighted by Gasteiger charge is 2.35. The van der Waals surface area contributed by atoms with Crippen molar-refractivity contribution in [2.24, 2.45) is 5.41 Å². The van der Waals surface area contributed by atoms with Gasteiger partial charge in [0.1, 0.15) is 11.6 Å². The van der Waals surface area contributed by atoms with Crippen molar-refractivity contribution in [1.29, 1.82) is 5.26 Å². The fourth-order valence-electron chi connectivity index (χ4n) is 3.86. The van der Waals surface area contributed by atoms with E-state index >= 15 is 0 Å². The second-order valence-electron chi connectivity index (χ2n) is 9.99. The van der Waals surface area contributed by atoms with Crippen molar-refractivity contribution in [3.8, 4) is 6.07 Å². The number of likely N-dealkylation sites (N-methyl/N-ethyl adjacent to an activating group) is 1. The molecule has 1 fully saturated rings. The van der Waals surface area contributed by atoms with E-state index in [1.165, 1.54) is 6.20 Å². The Morgan fingerprint density at radius 2 is 1.86 bits per heavy atom.